The van der Waals surface area contributed by atoms with Gasteiger partial charge in [-0.2, -0.15) is 22.8 Å². The highest BCUT2D eigenvalue weighted by molar-refractivity contribution is 5.53. The molecule has 0 atom stereocenters. The molecule has 1 saturated carbocycles. The lowest BCUT2D eigenvalue weighted by molar-refractivity contribution is -0.151. The molecule has 0 spiro atoms. The number of aromatic nitrogens is 3. The van der Waals surface area contributed by atoms with Crippen molar-refractivity contribution in [2.75, 3.05) is 5.32 Å². The minimum absolute atomic E-state index is 0.0978. The van der Waals surface area contributed by atoms with Crippen LogP contribution in [0.4, 0.5) is 19.0 Å². The second-order valence-electron chi connectivity index (χ2n) is 4.65. The molecule has 1 N–H and O–H groups in total. The van der Waals surface area contributed by atoms with Crippen LogP contribution in [0.3, 0.4) is 0 Å². The molecular weight excluding hydrogens is 245 g/mol. The quantitative estimate of drug-likeness (QED) is 0.897. The highest BCUT2D eigenvalue weighted by Crippen LogP contribution is 2.51. The predicted molar refractivity (Wildman–Crippen MR) is 59.4 cm³/mol. The topological polar surface area (TPSA) is 42.2 Å². The van der Waals surface area contributed by atoms with Crippen molar-refractivity contribution in [2.45, 2.75) is 31.5 Å². The highest BCUT2D eigenvalue weighted by Gasteiger charge is 2.63. The van der Waals surface area contributed by atoms with Crippen LogP contribution < -0.4 is 5.32 Å². The zero-order chi connectivity index (χ0) is 13.0. The van der Waals surface area contributed by atoms with Crippen LogP contribution in [0.5, 0.6) is 0 Å². The third kappa shape index (κ3) is 1.61. The van der Waals surface area contributed by atoms with E-state index >= 15 is 0 Å². The van der Waals surface area contributed by atoms with E-state index in [-0.39, 0.29) is 12.8 Å². The average Bonchev–Trinajstić information content (AvgIpc) is 2.88. The van der Waals surface area contributed by atoms with Crippen molar-refractivity contribution < 1.29 is 13.2 Å². The van der Waals surface area contributed by atoms with E-state index in [9.17, 15) is 13.2 Å². The maximum Gasteiger partial charge on any atom is 0.411 e. The number of hydrogen-bond donors (Lipinski definition) is 1. The summed E-state index contributed by atoms with van der Waals surface area (Å²) in [7, 11) is 0. The summed E-state index contributed by atoms with van der Waals surface area (Å²) in [5.74, 6) is 0.331. The first-order valence-corrected chi connectivity index (χ1v) is 5.57. The lowest BCUT2D eigenvalue weighted by atomic mass is 10.2. The Morgan fingerprint density at radius 2 is 2.06 bits per heavy atom. The Labute approximate surface area is 101 Å². The second-order valence-corrected chi connectivity index (χ2v) is 4.65. The minimum atomic E-state index is -4.25. The number of fused-ring (bicyclic) bond motifs is 1. The van der Waals surface area contributed by atoms with Gasteiger partial charge in [0.1, 0.15) is 17.7 Å². The molecule has 0 aromatic carbocycles. The lowest BCUT2D eigenvalue weighted by Crippen LogP contribution is -2.39. The van der Waals surface area contributed by atoms with Crippen molar-refractivity contribution in [3.05, 3.63) is 24.0 Å². The van der Waals surface area contributed by atoms with Crippen LogP contribution in [0.2, 0.25) is 0 Å². The van der Waals surface area contributed by atoms with Gasteiger partial charge in [0.05, 0.1) is 0 Å². The van der Waals surface area contributed by atoms with Gasteiger partial charge in [-0.1, -0.05) is 0 Å². The molecule has 1 fully saturated rings. The fourth-order valence-electron chi connectivity index (χ4n) is 2.00. The number of nitrogens with zero attached hydrogens (tertiary/aromatic N) is 3. The van der Waals surface area contributed by atoms with Crippen molar-refractivity contribution in [2.24, 2.45) is 0 Å². The SMILES string of the molecule is Cc1cc(NC2(C(F)(F)F)CC2)n2ncnc2c1. The molecule has 2 heterocycles. The molecule has 0 saturated heterocycles. The summed E-state index contributed by atoms with van der Waals surface area (Å²) in [6, 6.07) is 3.42. The van der Waals surface area contributed by atoms with Crippen LogP contribution in [-0.2, 0) is 0 Å². The molecule has 0 radical (unpaired) electrons. The summed E-state index contributed by atoms with van der Waals surface area (Å²) in [5.41, 5.74) is -0.411. The van der Waals surface area contributed by atoms with Gasteiger partial charge < -0.3 is 5.32 Å². The lowest BCUT2D eigenvalue weighted by Gasteiger charge is -2.22. The molecule has 1 aliphatic carbocycles. The summed E-state index contributed by atoms with van der Waals surface area (Å²) in [6.45, 7) is 1.81. The molecular formula is C11H11F3N4. The van der Waals surface area contributed by atoms with Gasteiger partial charge in [-0.3, -0.25) is 0 Å². The number of hydrogen-bond acceptors (Lipinski definition) is 3. The standard InChI is InChI=1S/C11H11F3N4/c1-7-4-8-15-6-16-18(8)9(5-7)17-10(2-3-10)11(12,13)14/h4-6,17H,2-3H2,1H3. The van der Waals surface area contributed by atoms with Crippen molar-refractivity contribution in [3.8, 4) is 0 Å². The molecule has 4 nitrogen and oxygen atoms in total. The number of halogens is 3. The fraction of sp³-hybridized carbons (Fsp3) is 0.455. The van der Waals surface area contributed by atoms with Gasteiger partial charge in [-0.25, -0.2) is 4.98 Å². The van der Waals surface area contributed by atoms with Gasteiger partial charge in [-0.15, -0.1) is 0 Å². The molecule has 0 bridgehead atoms. The molecule has 0 amide bonds. The van der Waals surface area contributed by atoms with E-state index in [1.165, 1.54) is 10.8 Å². The first-order chi connectivity index (χ1) is 8.41. The number of alkyl halides is 3. The summed E-state index contributed by atoms with van der Waals surface area (Å²) in [6.07, 6.45) is -2.72. The zero-order valence-electron chi connectivity index (χ0n) is 9.62. The van der Waals surface area contributed by atoms with E-state index in [1.54, 1.807) is 12.1 Å². The Hall–Kier alpha value is -1.79. The average molecular weight is 256 g/mol. The first-order valence-electron chi connectivity index (χ1n) is 5.57. The summed E-state index contributed by atoms with van der Waals surface area (Å²) in [4.78, 5) is 3.98. The third-order valence-electron chi connectivity index (χ3n) is 3.18. The molecule has 96 valence electrons. The third-order valence-corrected chi connectivity index (χ3v) is 3.18. The summed E-state index contributed by atoms with van der Waals surface area (Å²) < 4.78 is 40.1. The highest BCUT2D eigenvalue weighted by atomic mass is 19.4. The van der Waals surface area contributed by atoms with Gasteiger partial charge >= 0.3 is 6.18 Å². The molecule has 0 unspecified atom stereocenters. The van der Waals surface area contributed by atoms with Gasteiger partial charge in [0.15, 0.2) is 5.65 Å². The summed E-state index contributed by atoms with van der Waals surface area (Å²) in [5, 5.41) is 6.50. The Morgan fingerprint density at radius 1 is 1.33 bits per heavy atom. The van der Waals surface area contributed by atoms with E-state index in [2.05, 4.69) is 15.4 Å². The van der Waals surface area contributed by atoms with Crippen molar-refractivity contribution in [1.29, 1.82) is 0 Å². The Balaban J connectivity index is 2.03. The number of aryl methyl sites for hydroxylation is 1. The molecule has 2 aromatic rings. The Bertz CT molecular complexity index is 598. The second kappa shape index (κ2) is 3.37. The van der Waals surface area contributed by atoms with Crippen LogP contribution in [0, 0.1) is 6.92 Å². The van der Waals surface area contributed by atoms with Crippen molar-refractivity contribution in [1.82, 2.24) is 14.6 Å². The van der Waals surface area contributed by atoms with E-state index in [0.717, 1.165) is 5.56 Å². The number of rotatable bonds is 2. The smallest absolute Gasteiger partial charge is 0.356 e. The maximum atomic E-state index is 12.9. The zero-order valence-corrected chi connectivity index (χ0v) is 9.62. The minimum Gasteiger partial charge on any atom is -0.356 e. The normalized spacial score (nSPS) is 18.0. The van der Waals surface area contributed by atoms with Crippen LogP contribution in [-0.4, -0.2) is 26.3 Å². The Morgan fingerprint density at radius 3 is 2.67 bits per heavy atom. The number of nitrogens with one attached hydrogen (secondary N) is 1. The van der Waals surface area contributed by atoms with E-state index < -0.39 is 11.7 Å². The monoisotopic (exact) mass is 256 g/mol. The van der Waals surface area contributed by atoms with Gasteiger partial charge in [-0.05, 0) is 37.5 Å². The van der Waals surface area contributed by atoms with Crippen LogP contribution in [0.1, 0.15) is 18.4 Å². The molecule has 1 aliphatic rings. The first kappa shape index (κ1) is 11.3. The van der Waals surface area contributed by atoms with Crippen molar-refractivity contribution >= 4 is 11.5 Å². The van der Waals surface area contributed by atoms with Crippen LogP contribution in [0.25, 0.3) is 5.65 Å². The fourth-order valence-corrected chi connectivity index (χ4v) is 2.00. The van der Waals surface area contributed by atoms with Gasteiger partial charge in [0, 0.05) is 0 Å². The molecule has 7 heteroatoms. The van der Waals surface area contributed by atoms with Gasteiger partial charge in [0.25, 0.3) is 0 Å². The van der Waals surface area contributed by atoms with Crippen LogP contribution in [0.15, 0.2) is 18.5 Å². The molecule has 3 rings (SSSR count). The van der Waals surface area contributed by atoms with E-state index in [0.29, 0.717) is 11.5 Å². The van der Waals surface area contributed by atoms with E-state index in [4.69, 9.17) is 0 Å². The largest absolute Gasteiger partial charge is 0.411 e. The number of anilines is 1. The Kier molecular flexibility index (Phi) is 2.11. The molecule has 2 aromatic heterocycles. The predicted octanol–water partition coefficient (Wildman–Crippen LogP) is 2.54. The molecule has 0 aliphatic heterocycles. The van der Waals surface area contributed by atoms with Crippen molar-refractivity contribution in [3.63, 3.8) is 0 Å². The number of pyridine rings is 1. The van der Waals surface area contributed by atoms with Gasteiger partial charge in [0.2, 0.25) is 0 Å². The van der Waals surface area contributed by atoms with Crippen LogP contribution >= 0.6 is 0 Å². The summed E-state index contributed by atoms with van der Waals surface area (Å²) >= 11 is 0. The molecule has 18 heavy (non-hydrogen) atoms. The van der Waals surface area contributed by atoms with E-state index in [1.807, 2.05) is 6.92 Å². The maximum absolute atomic E-state index is 12.9.